The lowest BCUT2D eigenvalue weighted by molar-refractivity contribution is -0.120. The molecule has 206 valence electrons. The van der Waals surface area contributed by atoms with Crippen LogP contribution in [0.3, 0.4) is 0 Å². The van der Waals surface area contributed by atoms with E-state index in [2.05, 4.69) is 31.9 Å². The summed E-state index contributed by atoms with van der Waals surface area (Å²) in [5.74, 6) is 0.218. The molecule has 3 heterocycles. The summed E-state index contributed by atoms with van der Waals surface area (Å²) in [6.45, 7) is 10.4. The maximum absolute atomic E-state index is 16.7. The lowest BCUT2D eigenvalue weighted by Gasteiger charge is -2.43. The summed E-state index contributed by atoms with van der Waals surface area (Å²) in [5.41, 5.74) is 4.11. The Morgan fingerprint density at radius 2 is 1.90 bits per heavy atom. The summed E-state index contributed by atoms with van der Waals surface area (Å²) in [7, 11) is 4.02. The fraction of sp³-hybridized carbons (Fsp3) is 0.448. The second kappa shape index (κ2) is 10.8. The maximum atomic E-state index is 16.7. The molecule has 0 spiro atoms. The number of benzene rings is 2. The van der Waals surface area contributed by atoms with Crippen molar-refractivity contribution >= 4 is 34.0 Å². The predicted octanol–water partition coefficient (Wildman–Crippen LogP) is 4.31. The van der Waals surface area contributed by atoms with Crippen molar-refractivity contribution in [3.8, 4) is 17.1 Å². The molecule has 0 bridgehead atoms. The van der Waals surface area contributed by atoms with Crippen LogP contribution in [-0.2, 0) is 4.79 Å². The quantitative estimate of drug-likeness (QED) is 0.267. The number of aromatic nitrogens is 4. The lowest BCUT2D eigenvalue weighted by Crippen LogP contribution is -2.56. The number of rotatable bonds is 8. The van der Waals surface area contributed by atoms with Gasteiger partial charge in [0.15, 0.2) is 5.82 Å². The zero-order chi connectivity index (χ0) is 27.8. The molecule has 0 unspecified atom stereocenters. The van der Waals surface area contributed by atoms with Gasteiger partial charge in [0.2, 0.25) is 6.41 Å². The molecule has 0 saturated carbocycles. The number of nitrogens with zero attached hydrogens (tertiary/aromatic N) is 6. The van der Waals surface area contributed by atoms with Gasteiger partial charge in [-0.25, -0.2) is 4.39 Å². The van der Waals surface area contributed by atoms with Gasteiger partial charge in [-0.3, -0.25) is 9.89 Å². The minimum atomic E-state index is -0.407. The van der Waals surface area contributed by atoms with Crippen LogP contribution in [0, 0.1) is 19.7 Å². The van der Waals surface area contributed by atoms with Crippen LogP contribution < -0.4 is 9.64 Å². The number of fused-ring (bicyclic) bond motifs is 2. The Kier molecular flexibility index (Phi) is 7.40. The second-order valence-corrected chi connectivity index (χ2v) is 10.9. The molecule has 1 aliphatic rings. The van der Waals surface area contributed by atoms with E-state index in [4.69, 9.17) is 9.72 Å². The van der Waals surface area contributed by atoms with Crippen LogP contribution in [0.2, 0.25) is 0 Å². The standard InChI is InChI=1S/C29H36FN7O2/c1-17-8-9-23-22(13-31-34-23)24(17)25-18(2)12-21-27(26(25)30)32-29(39-11-7-10-35(5)6)33-28(21)37-15-19(3)36(16-38)14-20(37)4/h8-9,12-13,16,19-20H,7,10-11,14-15H2,1-6H3,(H,31,34)/t19-,20+/m1/s1. The highest BCUT2D eigenvalue weighted by Gasteiger charge is 2.32. The Morgan fingerprint density at radius 3 is 2.64 bits per heavy atom. The van der Waals surface area contributed by atoms with Crippen LogP contribution in [0.15, 0.2) is 24.4 Å². The third kappa shape index (κ3) is 5.01. The molecule has 39 heavy (non-hydrogen) atoms. The van der Waals surface area contributed by atoms with Crippen LogP contribution >= 0.6 is 0 Å². The molecule has 0 aliphatic carbocycles. The van der Waals surface area contributed by atoms with Gasteiger partial charge >= 0.3 is 6.01 Å². The van der Waals surface area contributed by atoms with E-state index in [0.717, 1.165) is 47.0 Å². The molecule has 1 N–H and O–H groups in total. The Morgan fingerprint density at radius 1 is 1.10 bits per heavy atom. The van der Waals surface area contributed by atoms with Crippen LogP contribution in [0.1, 0.15) is 31.4 Å². The van der Waals surface area contributed by atoms with Crippen molar-refractivity contribution in [1.82, 2.24) is 30.0 Å². The van der Waals surface area contributed by atoms with Gasteiger partial charge in [0.05, 0.1) is 18.3 Å². The Balaban J connectivity index is 1.68. The van der Waals surface area contributed by atoms with Crippen molar-refractivity contribution in [2.75, 3.05) is 45.2 Å². The minimum Gasteiger partial charge on any atom is -0.463 e. The average Bonchev–Trinajstić information content (AvgIpc) is 3.38. The molecule has 4 aromatic rings. The van der Waals surface area contributed by atoms with E-state index in [-0.39, 0.29) is 23.6 Å². The summed E-state index contributed by atoms with van der Waals surface area (Å²) >= 11 is 0. The van der Waals surface area contributed by atoms with Crippen molar-refractivity contribution in [2.24, 2.45) is 0 Å². The van der Waals surface area contributed by atoms with Crippen LogP contribution in [0.25, 0.3) is 32.9 Å². The third-order valence-corrected chi connectivity index (χ3v) is 7.59. The van der Waals surface area contributed by atoms with Gasteiger partial charge in [-0.1, -0.05) is 6.07 Å². The molecule has 9 nitrogen and oxygen atoms in total. The smallest absolute Gasteiger partial charge is 0.319 e. The molecular formula is C29H36FN7O2. The summed E-state index contributed by atoms with van der Waals surface area (Å²) in [6.07, 6.45) is 3.42. The SMILES string of the molecule is Cc1cc2c(N3C[C@@H](C)N(C=O)C[C@@H]3C)nc(OCCCN(C)C)nc2c(F)c1-c1c(C)ccc2[nH]ncc12. The maximum Gasteiger partial charge on any atom is 0.319 e. The first kappa shape index (κ1) is 26.8. The van der Waals surface area contributed by atoms with Crippen molar-refractivity contribution in [3.05, 3.63) is 41.3 Å². The summed E-state index contributed by atoms with van der Waals surface area (Å²) in [5, 5.41) is 8.67. The van der Waals surface area contributed by atoms with Crippen molar-refractivity contribution in [2.45, 2.75) is 46.2 Å². The number of halogens is 1. The Bertz CT molecular complexity index is 1520. The number of ether oxygens (including phenoxy) is 1. The summed E-state index contributed by atoms with van der Waals surface area (Å²) in [4.78, 5) is 27.0. The normalized spacial score (nSPS) is 17.9. The number of carbonyl (C=O) groups excluding carboxylic acids is 1. The number of hydrogen-bond donors (Lipinski definition) is 1. The van der Waals surface area contributed by atoms with Gasteiger partial charge < -0.3 is 19.4 Å². The van der Waals surface area contributed by atoms with Gasteiger partial charge in [-0.05, 0) is 77.0 Å². The van der Waals surface area contributed by atoms with E-state index >= 15 is 4.39 Å². The first-order chi connectivity index (χ1) is 18.7. The first-order valence-corrected chi connectivity index (χ1v) is 13.4. The molecule has 2 aromatic carbocycles. The van der Waals surface area contributed by atoms with Crippen LogP contribution in [0.4, 0.5) is 10.2 Å². The molecule has 2 atom stereocenters. The zero-order valence-electron chi connectivity index (χ0n) is 23.5. The fourth-order valence-electron chi connectivity index (χ4n) is 5.51. The summed E-state index contributed by atoms with van der Waals surface area (Å²) < 4.78 is 22.7. The monoisotopic (exact) mass is 533 g/mol. The highest BCUT2D eigenvalue weighted by molar-refractivity contribution is 6.01. The van der Waals surface area contributed by atoms with Gasteiger partial charge in [-0.15, -0.1) is 0 Å². The molecule has 1 fully saturated rings. The van der Waals surface area contributed by atoms with E-state index in [0.29, 0.717) is 36.5 Å². The van der Waals surface area contributed by atoms with Crippen molar-refractivity contribution in [3.63, 3.8) is 0 Å². The first-order valence-electron chi connectivity index (χ1n) is 13.4. The van der Waals surface area contributed by atoms with Crippen LogP contribution in [0.5, 0.6) is 6.01 Å². The van der Waals surface area contributed by atoms with Gasteiger partial charge in [-0.2, -0.15) is 15.1 Å². The van der Waals surface area contributed by atoms with E-state index in [1.807, 2.05) is 53.1 Å². The number of anilines is 1. The molecule has 1 saturated heterocycles. The Labute approximate surface area is 228 Å². The minimum absolute atomic E-state index is 0.0141. The van der Waals surface area contributed by atoms with E-state index in [9.17, 15) is 4.79 Å². The molecule has 0 radical (unpaired) electrons. The zero-order valence-corrected chi connectivity index (χ0v) is 23.5. The number of aryl methyl sites for hydroxylation is 2. The van der Waals surface area contributed by atoms with Crippen molar-refractivity contribution in [1.29, 1.82) is 0 Å². The number of nitrogens with one attached hydrogen (secondary N) is 1. The number of amides is 1. The molecule has 1 aliphatic heterocycles. The fourth-order valence-corrected chi connectivity index (χ4v) is 5.51. The third-order valence-electron chi connectivity index (χ3n) is 7.59. The van der Waals surface area contributed by atoms with E-state index in [1.54, 1.807) is 11.1 Å². The molecule has 2 aromatic heterocycles. The average molecular weight is 534 g/mol. The van der Waals surface area contributed by atoms with E-state index < -0.39 is 5.82 Å². The number of hydrogen-bond acceptors (Lipinski definition) is 7. The number of aromatic amines is 1. The Hall–Kier alpha value is -3.79. The van der Waals surface area contributed by atoms with Gasteiger partial charge in [0, 0.05) is 48.1 Å². The topological polar surface area (TPSA) is 90.5 Å². The van der Waals surface area contributed by atoms with E-state index in [1.165, 1.54) is 0 Å². The van der Waals surface area contributed by atoms with Crippen molar-refractivity contribution < 1.29 is 13.9 Å². The van der Waals surface area contributed by atoms with Crippen LogP contribution in [-0.4, -0.2) is 88.8 Å². The molecule has 1 amide bonds. The second-order valence-electron chi connectivity index (χ2n) is 10.9. The van der Waals surface area contributed by atoms with Gasteiger partial charge in [0.25, 0.3) is 0 Å². The summed E-state index contributed by atoms with van der Waals surface area (Å²) in [6, 6.07) is 6.02. The largest absolute Gasteiger partial charge is 0.463 e. The predicted molar refractivity (Wildman–Crippen MR) is 152 cm³/mol. The highest BCUT2D eigenvalue weighted by atomic mass is 19.1. The number of carbonyl (C=O) groups is 1. The molecular weight excluding hydrogens is 497 g/mol. The van der Waals surface area contributed by atoms with Gasteiger partial charge in [0.1, 0.15) is 11.3 Å². The number of piperazine rings is 1. The molecule has 5 rings (SSSR count). The lowest BCUT2D eigenvalue weighted by atomic mass is 9.92. The highest BCUT2D eigenvalue weighted by Crippen LogP contribution is 2.40. The number of H-pyrrole nitrogens is 1. The molecule has 10 heteroatoms.